The van der Waals surface area contributed by atoms with Gasteiger partial charge in [0.15, 0.2) is 0 Å². The predicted molar refractivity (Wildman–Crippen MR) is 65.0 cm³/mol. The summed E-state index contributed by atoms with van der Waals surface area (Å²) in [6.07, 6.45) is 1.12. The molecule has 0 spiro atoms. The normalized spacial score (nSPS) is 12.6. The van der Waals surface area contributed by atoms with Crippen LogP contribution in [0.5, 0.6) is 0 Å². The highest BCUT2D eigenvalue weighted by Gasteiger charge is 2.10. The first kappa shape index (κ1) is 12.0. The SMILES string of the molecule is CCC(C)N(C)c1cc(CN)cc(C)n1. The van der Waals surface area contributed by atoms with E-state index in [1.807, 2.05) is 13.0 Å². The zero-order valence-electron chi connectivity index (χ0n) is 10.1. The molecule has 0 saturated carbocycles. The van der Waals surface area contributed by atoms with Crippen LogP contribution < -0.4 is 10.6 Å². The van der Waals surface area contributed by atoms with E-state index in [0.29, 0.717) is 12.6 Å². The summed E-state index contributed by atoms with van der Waals surface area (Å²) < 4.78 is 0. The number of nitrogens with two attached hydrogens (primary N) is 1. The minimum absolute atomic E-state index is 0.505. The summed E-state index contributed by atoms with van der Waals surface area (Å²) in [6, 6.07) is 4.61. The molecule has 3 nitrogen and oxygen atoms in total. The van der Waals surface area contributed by atoms with E-state index in [-0.39, 0.29) is 0 Å². The van der Waals surface area contributed by atoms with Gasteiger partial charge < -0.3 is 10.6 Å². The topological polar surface area (TPSA) is 42.1 Å². The molecule has 15 heavy (non-hydrogen) atoms. The molecule has 3 heteroatoms. The number of pyridine rings is 1. The van der Waals surface area contributed by atoms with Crippen LogP contribution in [0.1, 0.15) is 31.5 Å². The number of aromatic nitrogens is 1. The van der Waals surface area contributed by atoms with Gasteiger partial charge in [-0.3, -0.25) is 0 Å². The van der Waals surface area contributed by atoms with Crippen molar-refractivity contribution in [1.29, 1.82) is 0 Å². The third-order valence-electron chi connectivity index (χ3n) is 2.85. The molecule has 1 unspecified atom stereocenters. The summed E-state index contributed by atoms with van der Waals surface area (Å²) in [4.78, 5) is 6.72. The first-order valence-electron chi connectivity index (χ1n) is 5.49. The molecule has 2 N–H and O–H groups in total. The minimum Gasteiger partial charge on any atom is -0.357 e. The van der Waals surface area contributed by atoms with Crippen LogP contribution in [0.3, 0.4) is 0 Å². The lowest BCUT2D eigenvalue weighted by atomic mass is 10.2. The van der Waals surface area contributed by atoms with Crippen molar-refractivity contribution in [2.45, 2.75) is 39.8 Å². The largest absolute Gasteiger partial charge is 0.357 e. The van der Waals surface area contributed by atoms with E-state index >= 15 is 0 Å². The smallest absolute Gasteiger partial charge is 0.129 e. The standard InChI is InChI=1S/C12H21N3/c1-5-10(3)15(4)12-7-11(8-13)6-9(2)14-12/h6-7,10H,5,8,13H2,1-4H3. The van der Waals surface area contributed by atoms with Gasteiger partial charge in [-0.05, 0) is 38.0 Å². The molecule has 0 aromatic carbocycles. The second-order valence-corrected chi connectivity index (χ2v) is 4.05. The van der Waals surface area contributed by atoms with E-state index in [4.69, 9.17) is 5.73 Å². The molecule has 1 heterocycles. The van der Waals surface area contributed by atoms with Gasteiger partial charge in [0, 0.05) is 25.3 Å². The second-order valence-electron chi connectivity index (χ2n) is 4.05. The van der Waals surface area contributed by atoms with Crippen LogP contribution in [0, 0.1) is 6.92 Å². The number of nitrogens with zero attached hydrogens (tertiary/aromatic N) is 2. The van der Waals surface area contributed by atoms with Crippen LogP contribution in [-0.2, 0) is 6.54 Å². The number of aryl methyl sites for hydroxylation is 1. The molecule has 0 fully saturated rings. The van der Waals surface area contributed by atoms with E-state index in [2.05, 4.69) is 36.8 Å². The second kappa shape index (κ2) is 5.12. The molecule has 1 rings (SSSR count). The maximum Gasteiger partial charge on any atom is 0.129 e. The van der Waals surface area contributed by atoms with Gasteiger partial charge in [-0.25, -0.2) is 4.98 Å². The van der Waals surface area contributed by atoms with Gasteiger partial charge in [-0.2, -0.15) is 0 Å². The molecule has 0 aliphatic carbocycles. The Morgan fingerprint density at radius 1 is 1.47 bits per heavy atom. The van der Waals surface area contributed by atoms with Gasteiger partial charge in [0.1, 0.15) is 5.82 Å². The van der Waals surface area contributed by atoms with Crippen LogP contribution >= 0.6 is 0 Å². The van der Waals surface area contributed by atoms with E-state index < -0.39 is 0 Å². The Balaban J connectivity index is 2.97. The molecule has 0 amide bonds. The Morgan fingerprint density at radius 3 is 2.67 bits per heavy atom. The van der Waals surface area contributed by atoms with Gasteiger partial charge in [0.25, 0.3) is 0 Å². The highest BCUT2D eigenvalue weighted by molar-refractivity contribution is 5.42. The molecule has 1 atom stereocenters. The first-order chi connectivity index (χ1) is 7.08. The Hall–Kier alpha value is -1.09. The summed E-state index contributed by atoms with van der Waals surface area (Å²) in [5.74, 6) is 1.02. The Labute approximate surface area is 92.3 Å². The van der Waals surface area contributed by atoms with Gasteiger partial charge in [-0.1, -0.05) is 6.92 Å². The van der Waals surface area contributed by atoms with Gasteiger partial charge >= 0.3 is 0 Å². The average molecular weight is 207 g/mol. The zero-order chi connectivity index (χ0) is 11.4. The molecular formula is C12H21N3. The van der Waals surface area contributed by atoms with Crippen molar-refractivity contribution in [3.8, 4) is 0 Å². The molecule has 0 bridgehead atoms. The van der Waals surface area contributed by atoms with Crippen molar-refractivity contribution < 1.29 is 0 Å². The zero-order valence-corrected chi connectivity index (χ0v) is 10.1. The maximum atomic E-state index is 5.65. The van der Waals surface area contributed by atoms with Crippen LogP contribution in [0.15, 0.2) is 12.1 Å². The molecule has 0 radical (unpaired) electrons. The third-order valence-corrected chi connectivity index (χ3v) is 2.85. The lowest BCUT2D eigenvalue weighted by Crippen LogP contribution is -2.29. The average Bonchev–Trinajstić information content (AvgIpc) is 2.26. The lowest BCUT2D eigenvalue weighted by molar-refractivity contribution is 0.655. The Bertz CT molecular complexity index is 323. The summed E-state index contributed by atoms with van der Waals surface area (Å²) in [6.45, 7) is 6.96. The first-order valence-corrected chi connectivity index (χ1v) is 5.49. The van der Waals surface area contributed by atoms with E-state index in [1.165, 1.54) is 0 Å². The quantitative estimate of drug-likeness (QED) is 0.822. The maximum absolute atomic E-state index is 5.65. The van der Waals surface area contributed by atoms with Crippen LogP contribution in [0.25, 0.3) is 0 Å². The van der Waals surface area contributed by atoms with Gasteiger partial charge in [-0.15, -0.1) is 0 Å². The Morgan fingerprint density at radius 2 is 2.13 bits per heavy atom. The highest BCUT2D eigenvalue weighted by atomic mass is 15.2. The molecule has 0 aliphatic heterocycles. The monoisotopic (exact) mass is 207 g/mol. The predicted octanol–water partition coefficient (Wildman–Crippen LogP) is 2.08. The van der Waals surface area contributed by atoms with E-state index in [9.17, 15) is 0 Å². The summed E-state index contributed by atoms with van der Waals surface area (Å²) in [7, 11) is 2.08. The van der Waals surface area contributed by atoms with Crippen LogP contribution in [0.4, 0.5) is 5.82 Å². The molecule has 1 aromatic rings. The molecule has 0 saturated heterocycles. The van der Waals surface area contributed by atoms with E-state index in [1.54, 1.807) is 0 Å². The van der Waals surface area contributed by atoms with Crippen molar-refractivity contribution in [3.05, 3.63) is 23.4 Å². The number of hydrogen-bond acceptors (Lipinski definition) is 3. The number of rotatable bonds is 4. The third kappa shape index (κ3) is 2.93. The van der Waals surface area contributed by atoms with Crippen molar-refractivity contribution >= 4 is 5.82 Å². The summed E-state index contributed by atoms with van der Waals surface area (Å²) >= 11 is 0. The molecule has 84 valence electrons. The van der Waals surface area contributed by atoms with Crippen molar-refractivity contribution in [2.24, 2.45) is 5.73 Å². The molecular weight excluding hydrogens is 186 g/mol. The number of anilines is 1. The van der Waals surface area contributed by atoms with Crippen molar-refractivity contribution in [1.82, 2.24) is 4.98 Å². The fourth-order valence-electron chi connectivity index (χ4n) is 1.52. The summed E-state index contributed by atoms with van der Waals surface area (Å²) in [5.41, 5.74) is 7.83. The van der Waals surface area contributed by atoms with Gasteiger partial charge in [0.05, 0.1) is 0 Å². The summed E-state index contributed by atoms with van der Waals surface area (Å²) in [5, 5.41) is 0. The van der Waals surface area contributed by atoms with E-state index in [0.717, 1.165) is 23.5 Å². The van der Waals surface area contributed by atoms with Crippen molar-refractivity contribution in [3.63, 3.8) is 0 Å². The van der Waals surface area contributed by atoms with Crippen molar-refractivity contribution in [2.75, 3.05) is 11.9 Å². The highest BCUT2D eigenvalue weighted by Crippen LogP contribution is 2.16. The van der Waals surface area contributed by atoms with Crippen LogP contribution in [0.2, 0.25) is 0 Å². The lowest BCUT2D eigenvalue weighted by Gasteiger charge is -2.25. The molecule has 0 aliphatic rings. The fraction of sp³-hybridized carbons (Fsp3) is 0.583. The van der Waals surface area contributed by atoms with Gasteiger partial charge in [0.2, 0.25) is 0 Å². The minimum atomic E-state index is 0.505. The molecule has 1 aromatic heterocycles. The van der Waals surface area contributed by atoms with Crippen LogP contribution in [-0.4, -0.2) is 18.1 Å². The Kier molecular flexibility index (Phi) is 4.09. The number of hydrogen-bond donors (Lipinski definition) is 1. The fourth-order valence-corrected chi connectivity index (χ4v) is 1.52.